The Labute approximate surface area is 147 Å². The minimum atomic E-state index is -0.582. The molecule has 2 aliphatic heterocycles. The number of aliphatic imine (C=N–C) groups is 1. The molecule has 0 N–H and O–H groups in total. The standard InChI is InChI=1S/C19H19N3OS/c1-13-16(7-10-24)11-19(12-20)8-9-22(18(19)21-13)17-5-3-15(4-6-17)14(2)23/h3-7,10,24H,8-9,11H2,1-2H3/b10-7-. The van der Waals surface area contributed by atoms with Crippen LogP contribution < -0.4 is 4.90 Å². The van der Waals surface area contributed by atoms with Crippen LogP contribution in [-0.2, 0) is 0 Å². The van der Waals surface area contributed by atoms with Crippen LogP contribution in [0.2, 0.25) is 0 Å². The lowest BCUT2D eigenvalue weighted by Crippen LogP contribution is -2.36. The molecule has 3 rings (SSSR count). The minimum Gasteiger partial charge on any atom is -0.328 e. The molecule has 2 aliphatic rings. The number of ketones is 1. The maximum absolute atomic E-state index is 11.4. The fraction of sp³-hybridized carbons (Fsp3) is 0.316. The van der Waals surface area contributed by atoms with E-state index in [9.17, 15) is 10.1 Å². The van der Waals surface area contributed by atoms with Crippen molar-refractivity contribution in [2.45, 2.75) is 26.7 Å². The summed E-state index contributed by atoms with van der Waals surface area (Å²) in [7, 11) is 0. The lowest BCUT2D eigenvalue weighted by atomic mass is 9.79. The molecule has 5 heteroatoms. The van der Waals surface area contributed by atoms with Gasteiger partial charge < -0.3 is 4.90 Å². The summed E-state index contributed by atoms with van der Waals surface area (Å²) in [5, 5.41) is 11.5. The summed E-state index contributed by atoms with van der Waals surface area (Å²) >= 11 is 4.14. The summed E-state index contributed by atoms with van der Waals surface area (Å²) in [6.45, 7) is 4.27. The predicted molar refractivity (Wildman–Crippen MR) is 99.3 cm³/mol. The molecule has 0 aromatic heterocycles. The lowest BCUT2D eigenvalue weighted by molar-refractivity contribution is 0.101. The highest BCUT2D eigenvalue weighted by Gasteiger charge is 2.47. The van der Waals surface area contributed by atoms with Crippen LogP contribution in [0.15, 0.2) is 52.0 Å². The molecule has 1 fully saturated rings. The van der Waals surface area contributed by atoms with E-state index in [2.05, 4.69) is 23.6 Å². The van der Waals surface area contributed by atoms with Gasteiger partial charge in [0.05, 0.1) is 6.07 Å². The second-order valence-corrected chi connectivity index (χ2v) is 6.54. The number of fused-ring (bicyclic) bond motifs is 1. The number of anilines is 1. The summed E-state index contributed by atoms with van der Waals surface area (Å²) in [6, 6.07) is 10.00. The van der Waals surface area contributed by atoms with Crippen molar-refractivity contribution in [3.8, 4) is 6.07 Å². The maximum Gasteiger partial charge on any atom is 0.159 e. The number of nitrogens with zero attached hydrogens (tertiary/aromatic N) is 3. The van der Waals surface area contributed by atoms with Gasteiger partial charge in [0, 0.05) is 29.9 Å². The molecule has 1 saturated heterocycles. The van der Waals surface area contributed by atoms with Gasteiger partial charge in [-0.3, -0.25) is 4.79 Å². The molecule has 24 heavy (non-hydrogen) atoms. The normalized spacial score (nSPS) is 23.2. The van der Waals surface area contributed by atoms with E-state index in [1.54, 1.807) is 12.3 Å². The van der Waals surface area contributed by atoms with E-state index in [-0.39, 0.29) is 5.78 Å². The smallest absolute Gasteiger partial charge is 0.159 e. The molecule has 1 unspecified atom stereocenters. The highest BCUT2D eigenvalue weighted by atomic mass is 32.1. The van der Waals surface area contributed by atoms with Crippen molar-refractivity contribution in [1.29, 1.82) is 5.26 Å². The Balaban J connectivity index is 2.01. The molecule has 0 amide bonds. The number of allylic oxidation sites excluding steroid dienone is 3. The Kier molecular flexibility index (Phi) is 4.33. The van der Waals surface area contributed by atoms with Gasteiger partial charge in [0.1, 0.15) is 11.3 Å². The van der Waals surface area contributed by atoms with E-state index in [1.807, 2.05) is 37.3 Å². The third-order valence-electron chi connectivity index (χ3n) is 4.75. The Morgan fingerprint density at radius 2 is 2.12 bits per heavy atom. The van der Waals surface area contributed by atoms with Crippen molar-refractivity contribution in [3.05, 3.63) is 52.6 Å². The number of amidine groups is 1. The Hall–Kier alpha value is -2.32. The molecular formula is C19H19N3OS. The van der Waals surface area contributed by atoms with Gasteiger partial charge in [0.25, 0.3) is 0 Å². The fourth-order valence-electron chi connectivity index (χ4n) is 3.34. The largest absolute Gasteiger partial charge is 0.328 e. The molecular weight excluding hydrogens is 318 g/mol. The number of carbonyl (C=O) groups excluding carboxylic acids is 1. The first-order chi connectivity index (χ1) is 11.5. The van der Waals surface area contributed by atoms with Crippen molar-refractivity contribution < 1.29 is 4.79 Å². The highest BCUT2D eigenvalue weighted by molar-refractivity contribution is 7.83. The number of hydrogen-bond acceptors (Lipinski definition) is 5. The fourth-order valence-corrected chi connectivity index (χ4v) is 3.52. The molecule has 1 aromatic carbocycles. The van der Waals surface area contributed by atoms with E-state index >= 15 is 0 Å². The lowest BCUT2D eigenvalue weighted by Gasteiger charge is -2.30. The van der Waals surface area contributed by atoms with Crippen LogP contribution >= 0.6 is 12.6 Å². The van der Waals surface area contributed by atoms with Gasteiger partial charge in [-0.1, -0.05) is 6.08 Å². The first-order valence-electron chi connectivity index (χ1n) is 7.90. The van der Waals surface area contributed by atoms with Crippen LogP contribution in [0.25, 0.3) is 0 Å². The van der Waals surface area contributed by atoms with Crippen LogP contribution in [0, 0.1) is 16.7 Å². The second kappa shape index (κ2) is 6.29. The number of benzene rings is 1. The first-order valence-corrected chi connectivity index (χ1v) is 8.42. The van der Waals surface area contributed by atoms with Gasteiger partial charge in [0.2, 0.25) is 0 Å². The topological polar surface area (TPSA) is 56.5 Å². The van der Waals surface area contributed by atoms with Gasteiger partial charge in [-0.15, -0.1) is 0 Å². The van der Waals surface area contributed by atoms with E-state index in [1.165, 1.54) is 0 Å². The SMILES string of the molecule is CC(=O)c1ccc(N2CCC3(C#N)CC(/C=C\S)=C(C)N=C23)cc1. The van der Waals surface area contributed by atoms with Crippen LogP contribution in [-0.4, -0.2) is 18.2 Å². The predicted octanol–water partition coefficient (Wildman–Crippen LogP) is 4.13. The van der Waals surface area contributed by atoms with E-state index in [0.717, 1.165) is 35.8 Å². The first kappa shape index (κ1) is 16.5. The zero-order valence-electron chi connectivity index (χ0n) is 13.8. The van der Waals surface area contributed by atoms with Crippen molar-refractivity contribution >= 4 is 29.9 Å². The number of rotatable bonds is 3. The van der Waals surface area contributed by atoms with E-state index < -0.39 is 5.41 Å². The van der Waals surface area contributed by atoms with Crippen molar-refractivity contribution in [2.24, 2.45) is 10.4 Å². The average molecular weight is 337 g/mol. The highest BCUT2D eigenvalue weighted by Crippen LogP contribution is 2.44. The van der Waals surface area contributed by atoms with Crippen LogP contribution in [0.5, 0.6) is 0 Å². The number of carbonyl (C=O) groups is 1. The van der Waals surface area contributed by atoms with Gasteiger partial charge in [-0.2, -0.15) is 17.9 Å². The molecule has 0 spiro atoms. The summed E-state index contributed by atoms with van der Waals surface area (Å²) in [4.78, 5) is 18.3. The molecule has 1 atom stereocenters. The van der Waals surface area contributed by atoms with Crippen molar-refractivity contribution in [2.75, 3.05) is 11.4 Å². The molecule has 0 bridgehead atoms. The van der Waals surface area contributed by atoms with Crippen LogP contribution in [0.1, 0.15) is 37.0 Å². The van der Waals surface area contributed by atoms with Crippen LogP contribution in [0.4, 0.5) is 5.69 Å². The molecule has 0 saturated carbocycles. The van der Waals surface area contributed by atoms with Gasteiger partial charge in [-0.25, -0.2) is 4.99 Å². The third kappa shape index (κ3) is 2.67. The number of nitriles is 1. The molecule has 2 heterocycles. The summed E-state index contributed by atoms with van der Waals surface area (Å²) < 4.78 is 0. The second-order valence-electron chi connectivity index (χ2n) is 6.24. The van der Waals surface area contributed by atoms with Crippen molar-refractivity contribution in [1.82, 2.24) is 0 Å². The number of hydrogen-bond donors (Lipinski definition) is 1. The van der Waals surface area contributed by atoms with Crippen LogP contribution in [0.3, 0.4) is 0 Å². The minimum absolute atomic E-state index is 0.0475. The Morgan fingerprint density at radius 1 is 1.42 bits per heavy atom. The van der Waals surface area contributed by atoms with E-state index in [0.29, 0.717) is 12.0 Å². The van der Waals surface area contributed by atoms with Gasteiger partial charge >= 0.3 is 0 Å². The third-order valence-corrected chi connectivity index (χ3v) is 4.90. The molecule has 0 aliphatic carbocycles. The molecule has 122 valence electrons. The zero-order valence-corrected chi connectivity index (χ0v) is 14.7. The van der Waals surface area contributed by atoms with Gasteiger partial charge in [-0.05, 0) is 55.5 Å². The summed E-state index contributed by atoms with van der Waals surface area (Å²) in [5.74, 6) is 0.862. The molecule has 1 aromatic rings. The number of Topliss-reactive ketones (excluding diaryl/α,β-unsaturated/α-hetero) is 1. The summed E-state index contributed by atoms with van der Waals surface area (Å²) in [6.07, 6.45) is 3.32. The average Bonchev–Trinajstić information content (AvgIpc) is 2.94. The Bertz CT molecular complexity index is 814. The summed E-state index contributed by atoms with van der Waals surface area (Å²) in [5.41, 5.74) is 3.06. The molecule has 0 radical (unpaired) electrons. The quantitative estimate of drug-likeness (QED) is 0.666. The number of thiol groups is 1. The van der Waals surface area contributed by atoms with Crippen molar-refractivity contribution in [3.63, 3.8) is 0 Å². The Morgan fingerprint density at radius 3 is 2.71 bits per heavy atom. The van der Waals surface area contributed by atoms with E-state index in [4.69, 9.17) is 4.99 Å². The van der Waals surface area contributed by atoms with Gasteiger partial charge in [0.15, 0.2) is 5.78 Å². The zero-order chi connectivity index (χ0) is 17.3. The monoisotopic (exact) mass is 337 g/mol. The maximum atomic E-state index is 11.4. The molecule has 4 nitrogen and oxygen atoms in total.